The van der Waals surface area contributed by atoms with Gasteiger partial charge in [-0.05, 0) is 37.1 Å². The maximum Gasteiger partial charge on any atom is 0.418 e. The van der Waals surface area contributed by atoms with Crippen molar-refractivity contribution < 1.29 is 13.2 Å². The summed E-state index contributed by atoms with van der Waals surface area (Å²) in [5.74, 6) is 0.858. The molecule has 0 saturated carbocycles. The Hall–Kier alpha value is -2.02. The Kier molecular flexibility index (Phi) is 5.32. The second kappa shape index (κ2) is 7.47. The van der Waals surface area contributed by atoms with E-state index in [1.807, 2.05) is 0 Å². The Morgan fingerprint density at radius 1 is 1.04 bits per heavy atom. The maximum atomic E-state index is 13.2. The number of benzene rings is 1. The maximum absolute atomic E-state index is 13.2. The van der Waals surface area contributed by atoms with E-state index in [-0.39, 0.29) is 10.7 Å². The van der Waals surface area contributed by atoms with Crippen molar-refractivity contribution in [2.75, 3.05) is 23.3 Å². The van der Waals surface area contributed by atoms with E-state index in [9.17, 15) is 13.2 Å². The van der Waals surface area contributed by atoms with Crippen LogP contribution in [0.3, 0.4) is 0 Å². The van der Waals surface area contributed by atoms with Crippen molar-refractivity contribution in [1.82, 2.24) is 9.97 Å². The monoisotopic (exact) mass is 370 g/mol. The summed E-state index contributed by atoms with van der Waals surface area (Å²) in [6.07, 6.45) is 1.53. The second-order valence-electron chi connectivity index (χ2n) is 5.96. The molecule has 4 nitrogen and oxygen atoms in total. The van der Waals surface area contributed by atoms with Crippen molar-refractivity contribution >= 4 is 29.1 Å². The fourth-order valence-corrected chi connectivity index (χ4v) is 3.01. The summed E-state index contributed by atoms with van der Waals surface area (Å²) in [5, 5.41) is 2.78. The Labute approximate surface area is 149 Å². The molecule has 0 bridgehead atoms. The third-order valence-corrected chi connectivity index (χ3v) is 4.32. The smallest absolute Gasteiger partial charge is 0.341 e. The quantitative estimate of drug-likeness (QED) is 0.798. The molecular formula is C17H18ClF3N4. The van der Waals surface area contributed by atoms with Crippen LogP contribution in [-0.4, -0.2) is 23.1 Å². The number of hydrogen-bond donors (Lipinski definition) is 1. The summed E-state index contributed by atoms with van der Waals surface area (Å²) >= 11 is 5.71. The fourth-order valence-electron chi connectivity index (χ4n) is 2.84. The van der Waals surface area contributed by atoms with Crippen molar-refractivity contribution in [3.05, 3.63) is 41.0 Å². The van der Waals surface area contributed by atoms with E-state index in [4.69, 9.17) is 11.6 Å². The summed E-state index contributed by atoms with van der Waals surface area (Å²) in [7, 11) is 0. The molecule has 2 heterocycles. The topological polar surface area (TPSA) is 41.1 Å². The summed E-state index contributed by atoms with van der Waals surface area (Å²) in [5.41, 5.74) is -0.910. The van der Waals surface area contributed by atoms with Crippen molar-refractivity contribution in [2.24, 2.45) is 0 Å². The molecule has 1 saturated heterocycles. The lowest BCUT2D eigenvalue weighted by Crippen LogP contribution is -2.26. The summed E-state index contributed by atoms with van der Waals surface area (Å²) in [6.45, 7) is 1.72. The fraction of sp³-hybridized carbons (Fsp3) is 0.412. The average Bonchev–Trinajstić information content (AvgIpc) is 2.85. The van der Waals surface area contributed by atoms with Gasteiger partial charge in [0.15, 0.2) is 0 Å². The first kappa shape index (κ1) is 17.8. The van der Waals surface area contributed by atoms with Gasteiger partial charge in [0.2, 0.25) is 5.95 Å². The van der Waals surface area contributed by atoms with Gasteiger partial charge in [0, 0.05) is 24.3 Å². The van der Waals surface area contributed by atoms with Crippen LogP contribution in [0, 0.1) is 0 Å². The zero-order valence-corrected chi connectivity index (χ0v) is 14.2. The highest BCUT2D eigenvalue weighted by atomic mass is 35.5. The molecule has 3 rings (SSSR count). The molecule has 1 aromatic heterocycles. The lowest BCUT2D eigenvalue weighted by Gasteiger charge is -2.21. The van der Waals surface area contributed by atoms with Crippen LogP contribution in [0.15, 0.2) is 30.5 Å². The first-order chi connectivity index (χ1) is 11.9. The molecule has 1 aliphatic rings. The first-order valence-corrected chi connectivity index (χ1v) is 8.53. The number of anilines is 3. The van der Waals surface area contributed by atoms with Gasteiger partial charge in [0.1, 0.15) is 5.82 Å². The van der Waals surface area contributed by atoms with Crippen molar-refractivity contribution in [3.63, 3.8) is 0 Å². The van der Waals surface area contributed by atoms with Crippen LogP contribution in [-0.2, 0) is 6.18 Å². The molecule has 2 aromatic rings. The van der Waals surface area contributed by atoms with E-state index < -0.39 is 11.7 Å². The standard InChI is InChI=1S/C17H18ClF3N4/c18-12-5-6-14(13(11-12)17(19,20)21)23-15-7-8-22-16(24-15)25-9-3-1-2-4-10-25/h5-8,11H,1-4,9-10H2,(H,22,23,24). The molecule has 0 aliphatic carbocycles. The van der Waals surface area contributed by atoms with Gasteiger partial charge in [-0.15, -0.1) is 0 Å². The van der Waals surface area contributed by atoms with Crippen molar-refractivity contribution in [1.29, 1.82) is 0 Å². The minimum atomic E-state index is -4.51. The molecule has 0 radical (unpaired) electrons. The van der Waals surface area contributed by atoms with Gasteiger partial charge in [0.05, 0.1) is 11.3 Å². The van der Waals surface area contributed by atoms with E-state index in [0.717, 1.165) is 32.0 Å². The molecular weight excluding hydrogens is 353 g/mol. The Bertz CT molecular complexity index is 728. The lowest BCUT2D eigenvalue weighted by molar-refractivity contribution is -0.136. The normalized spacial score (nSPS) is 15.8. The van der Waals surface area contributed by atoms with Crippen LogP contribution in [0.4, 0.5) is 30.6 Å². The van der Waals surface area contributed by atoms with Crippen molar-refractivity contribution in [2.45, 2.75) is 31.9 Å². The predicted octanol–water partition coefficient (Wildman–Crippen LogP) is 5.27. The number of nitrogens with zero attached hydrogens (tertiary/aromatic N) is 3. The molecule has 1 aromatic carbocycles. The third kappa shape index (κ3) is 4.54. The Morgan fingerprint density at radius 2 is 1.76 bits per heavy atom. The van der Waals surface area contributed by atoms with E-state index in [1.54, 1.807) is 12.3 Å². The number of alkyl halides is 3. The Morgan fingerprint density at radius 3 is 2.44 bits per heavy atom. The minimum absolute atomic E-state index is 0.0332. The summed E-state index contributed by atoms with van der Waals surface area (Å²) in [6, 6.07) is 5.17. The van der Waals surface area contributed by atoms with E-state index in [1.165, 1.54) is 25.0 Å². The zero-order chi connectivity index (χ0) is 17.9. The zero-order valence-electron chi connectivity index (χ0n) is 13.5. The van der Waals surface area contributed by atoms with Gasteiger partial charge in [0.25, 0.3) is 0 Å². The molecule has 0 spiro atoms. The van der Waals surface area contributed by atoms with E-state index >= 15 is 0 Å². The van der Waals surface area contributed by atoms with E-state index in [0.29, 0.717) is 11.8 Å². The molecule has 0 atom stereocenters. The van der Waals surface area contributed by atoms with Gasteiger partial charge < -0.3 is 10.2 Å². The van der Waals surface area contributed by atoms with Crippen molar-refractivity contribution in [3.8, 4) is 0 Å². The molecule has 0 amide bonds. The van der Waals surface area contributed by atoms with Crippen LogP contribution in [0.5, 0.6) is 0 Å². The molecule has 25 heavy (non-hydrogen) atoms. The largest absolute Gasteiger partial charge is 0.418 e. The van der Waals surface area contributed by atoms with Crippen LogP contribution in [0.1, 0.15) is 31.2 Å². The number of hydrogen-bond acceptors (Lipinski definition) is 4. The van der Waals surface area contributed by atoms with Crippen LogP contribution < -0.4 is 10.2 Å². The summed E-state index contributed by atoms with van der Waals surface area (Å²) in [4.78, 5) is 10.7. The Balaban J connectivity index is 1.85. The molecule has 1 fully saturated rings. The molecule has 134 valence electrons. The number of rotatable bonds is 3. The van der Waals surface area contributed by atoms with Crippen LogP contribution >= 0.6 is 11.6 Å². The van der Waals surface area contributed by atoms with Gasteiger partial charge in [-0.2, -0.15) is 18.2 Å². The van der Waals surface area contributed by atoms with Gasteiger partial charge >= 0.3 is 6.18 Å². The van der Waals surface area contributed by atoms with Gasteiger partial charge in [-0.25, -0.2) is 4.98 Å². The van der Waals surface area contributed by atoms with Crippen LogP contribution in [0.25, 0.3) is 0 Å². The summed E-state index contributed by atoms with van der Waals surface area (Å²) < 4.78 is 39.6. The second-order valence-corrected chi connectivity index (χ2v) is 6.39. The molecule has 0 unspecified atom stereocenters. The van der Waals surface area contributed by atoms with E-state index in [2.05, 4.69) is 20.2 Å². The third-order valence-electron chi connectivity index (χ3n) is 4.08. The number of nitrogens with one attached hydrogen (secondary N) is 1. The average molecular weight is 371 g/mol. The molecule has 8 heteroatoms. The van der Waals surface area contributed by atoms with Crippen LogP contribution in [0.2, 0.25) is 5.02 Å². The SMILES string of the molecule is FC(F)(F)c1cc(Cl)ccc1Nc1ccnc(N2CCCCCC2)n1. The lowest BCUT2D eigenvalue weighted by atomic mass is 10.1. The first-order valence-electron chi connectivity index (χ1n) is 8.15. The highest BCUT2D eigenvalue weighted by Crippen LogP contribution is 2.37. The predicted molar refractivity (Wildman–Crippen MR) is 92.4 cm³/mol. The molecule has 1 N–H and O–H groups in total. The minimum Gasteiger partial charge on any atom is -0.341 e. The van der Waals surface area contributed by atoms with Gasteiger partial charge in [-0.3, -0.25) is 0 Å². The number of halogens is 4. The van der Waals surface area contributed by atoms with Gasteiger partial charge in [-0.1, -0.05) is 24.4 Å². The highest BCUT2D eigenvalue weighted by molar-refractivity contribution is 6.30. The number of aromatic nitrogens is 2. The highest BCUT2D eigenvalue weighted by Gasteiger charge is 2.34. The molecule has 1 aliphatic heterocycles.